The number of hydrogen-bond donors (Lipinski definition) is 0. The summed E-state index contributed by atoms with van der Waals surface area (Å²) < 4.78 is 6.90. The number of carbonyl (C=O) groups is 2. The van der Waals surface area contributed by atoms with Gasteiger partial charge in [0.05, 0.1) is 12.0 Å². The van der Waals surface area contributed by atoms with E-state index in [0.717, 1.165) is 32.7 Å². The lowest BCUT2D eigenvalue weighted by molar-refractivity contribution is 0.0604. The van der Waals surface area contributed by atoms with E-state index in [1.54, 1.807) is 4.90 Å². The molecule has 2 aliphatic rings. The van der Waals surface area contributed by atoms with Crippen LogP contribution in [0.3, 0.4) is 0 Å². The summed E-state index contributed by atoms with van der Waals surface area (Å²) in [5.74, 6) is -0.148. The Balaban J connectivity index is 1.24. The van der Waals surface area contributed by atoms with Crippen LogP contribution in [-0.4, -0.2) is 98.4 Å². The van der Waals surface area contributed by atoms with Crippen molar-refractivity contribution in [1.82, 2.24) is 34.1 Å². The van der Waals surface area contributed by atoms with E-state index >= 15 is 0 Å². The van der Waals surface area contributed by atoms with E-state index in [1.807, 2.05) is 33.9 Å². The van der Waals surface area contributed by atoms with Gasteiger partial charge in [0.2, 0.25) is 0 Å². The quantitative estimate of drug-likeness (QED) is 0.742. The van der Waals surface area contributed by atoms with Gasteiger partial charge in [-0.05, 0) is 0 Å². The van der Waals surface area contributed by atoms with Crippen LogP contribution in [0, 0.1) is 0 Å². The van der Waals surface area contributed by atoms with Crippen LogP contribution < -0.4 is 0 Å². The van der Waals surface area contributed by atoms with Crippen molar-refractivity contribution in [1.29, 1.82) is 0 Å². The molecule has 2 aliphatic heterocycles. The highest BCUT2D eigenvalue weighted by atomic mass is 16.3. The fraction of sp³-hybridized carbons (Fsp3) is 0.556. The topological polar surface area (TPSA) is 91.0 Å². The average molecular weight is 387 g/mol. The molecule has 2 aromatic rings. The van der Waals surface area contributed by atoms with Crippen LogP contribution in [0.25, 0.3) is 0 Å². The molecule has 0 spiro atoms. The van der Waals surface area contributed by atoms with Crippen LogP contribution >= 0.6 is 0 Å². The zero-order chi connectivity index (χ0) is 19.5. The zero-order valence-corrected chi connectivity index (χ0v) is 16.0. The van der Waals surface area contributed by atoms with E-state index in [4.69, 9.17) is 4.42 Å². The molecule has 0 aliphatic carbocycles. The Bertz CT molecular complexity index is 803. The van der Waals surface area contributed by atoms with Gasteiger partial charge in [0.25, 0.3) is 5.91 Å². The van der Waals surface area contributed by atoms with Crippen LogP contribution in [0.15, 0.2) is 29.6 Å². The van der Waals surface area contributed by atoms with Gasteiger partial charge in [-0.2, -0.15) is 0 Å². The fourth-order valence-electron chi connectivity index (χ4n) is 3.64. The normalized spacial score (nSPS) is 18.5. The van der Waals surface area contributed by atoms with Crippen molar-refractivity contribution in [3.63, 3.8) is 0 Å². The maximum absolute atomic E-state index is 12.8. The highest BCUT2D eigenvalue weighted by Crippen LogP contribution is 2.13. The van der Waals surface area contributed by atoms with Crippen molar-refractivity contribution in [2.45, 2.75) is 6.54 Å². The van der Waals surface area contributed by atoms with Crippen LogP contribution in [0.5, 0.6) is 0 Å². The summed E-state index contributed by atoms with van der Waals surface area (Å²) in [6.07, 6.45) is 6.30. The summed E-state index contributed by atoms with van der Waals surface area (Å²) in [5, 5.41) is 0. The standard InChI is InChI=1S/C18H25N7O3/c1-21-13-19-10-15(21)11-22-2-4-24(5-3-22)18(27)25-8-6-23(7-9-25)17(26)16-12-28-14-20-16/h10,12-14H,2-9,11H2,1H3. The minimum atomic E-state index is -0.148. The first kappa shape index (κ1) is 18.5. The maximum atomic E-state index is 12.8. The molecular weight excluding hydrogens is 362 g/mol. The number of amides is 3. The molecule has 0 unspecified atom stereocenters. The van der Waals surface area contributed by atoms with E-state index in [2.05, 4.69) is 14.9 Å². The van der Waals surface area contributed by atoms with Gasteiger partial charge in [0.1, 0.15) is 6.26 Å². The largest absolute Gasteiger partial charge is 0.451 e. The predicted molar refractivity (Wildman–Crippen MR) is 99.4 cm³/mol. The summed E-state index contributed by atoms with van der Waals surface area (Å²) in [6, 6.07) is 0.0636. The highest BCUT2D eigenvalue weighted by Gasteiger charge is 2.30. The number of hydrogen-bond acceptors (Lipinski definition) is 6. The molecule has 150 valence electrons. The van der Waals surface area contributed by atoms with Crippen LogP contribution in [0.2, 0.25) is 0 Å². The van der Waals surface area contributed by atoms with E-state index in [9.17, 15) is 9.59 Å². The minimum Gasteiger partial charge on any atom is -0.451 e. The van der Waals surface area contributed by atoms with Gasteiger partial charge in [-0.25, -0.2) is 14.8 Å². The van der Waals surface area contributed by atoms with Crippen LogP contribution in [-0.2, 0) is 13.6 Å². The summed E-state index contributed by atoms with van der Waals surface area (Å²) in [5.41, 5.74) is 1.48. The predicted octanol–water partition coefficient (Wildman–Crippen LogP) is 0.104. The lowest BCUT2D eigenvalue weighted by atomic mass is 10.2. The van der Waals surface area contributed by atoms with E-state index in [1.165, 1.54) is 18.4 Å². The number of carbonyl (C=O) groups excluding carboxylic acids is 2. The Morgan fingerprint density at radius 1 is 1.00 bits per heavy atom. The Morgan fingerprint density at radius 2 is 1.64 bits per heavy atom. The summed E-state index contributed by atoms with van der Waals surface area (Å²) in [7, 11) is 2.00. The Labute approximate surface area is 163 Å². The second kappa shape index (κ2) is 8.01. The third-order valence-electron chi connectivity index (χ3n) is 5.43. The van der Waals surface area contributed by atoms with Crippen molar-refractivity contribution in [2.75, 3.05) is 52.4 Å². The summed E-state index contributed by atoms with van der Waals surface area (Å²) >= 11 is 0. The second-order valence-corrected chi connectivity index (χ2v) is 7.19. The molecule has 0 radical (unpaired) electrons. The van der Waals surface area contributed by atoms with Crippen LogP contribution in [0.4, 0.5) is 4.79 Å². The fourth-order valence-corrected chi connectivity index (χ4v) is 3.64. The molecule has 0 N–H and O–H groups in total. The molecule has 2 saturated heterocycles. The molecule has 3 amide bonds. The highest BCUT2D eigenvalue weighted by molar-refractivity contribution is 5.92. The lowest BCUT2D eigenvalue weighted by Gasteiger charge is -2.40. The van der Waals surface area contributed by atoms with Crippen molar-refractivity contribution < 1.29 is 14.0 Å². The van der Waals surface area contributed by atoms with Gasteiger partial charge in [-0.15, -0.1) is 0 Å². The number of piperazine rings is 2. The van der Waals surface area contributed by atoms with E-state index in [-0.39, 0.29) is 11.9 Å². The Hall–Kier alpha value is -2.88. The van der Waals surface area contributed by atoms with Crippen molar-refractivity contribution in [3.05, 3.63) is 36.6 Å². The summed E-state index contributed by atoms with van der Waals surface area (Å²) in [4.78, 5) is 41.0. The van der Waals surface area contributed by atoms with Gasteiger partial charge in [-0.3, -0.25) is 9.69 Å². The van der Waals surface area contributed by atoms with Gasteiger partial charge >= 0.3 is 6.03 Å². The number of oxazole rings is 1. The minimum absolute atomic E-state index is 0.0636. The number of aromatic nitrogens is 3. The molecule has 0 saturated carbocycles. The number of aryl methyl sites for hydroxylation is 1. The van der Waals surface area contributed by atoms with E-state index in [0.29, 0.717) is 31.9 Å². The Morgan fingerprint density at radius 3 is 2.21 bits per heavy atom. The van der Waals surface area contributed by atoms with Crippen molar-refractivity contribution >= 4 is 11.9 Å². The molecule has 4 rings (SSSR count). The van der Waals surface area contributed by atoms with E-state index < -0.39 is 0 Å². The smallest absolute Gasteiger partial charge is 0.320 e. The van der Waals surface area contributed by atoms with Crippen molar-refractivity contribution in [2.24, 2.45) is 7.05 Å². The number of nitrogens with zero attached hydrogens (tertiary/aromatic N) is 7. The van der Waals surface area contributed by atoms with Gasteiger partial charge < -0.3 is 23.7 Å². The van der Waals surface area contributed by atoms with Gasteiger partial charge in [-0.1, -0.05) is 0 Å². The molecule has 10 nitrogen and oxygen atoms in total. The van der Waals surface area contributed by atoms with Crippen LogP contribution in [0.1, 0.15) is 16.2 Å². The molecular formula is C18H25N7O3. The van der Waals surface area contributed by atoms with Gasteiger partial charge in [0.15, 0.2) is 12.1 Å². The van der Waals surface area contributed by atoms with Crippen molar-refractivity contribution in [3.8, 4) is 0 Å². The number of rotatable bonds is 3. The first-order chi connectivity index (χ1) is 13.6. The SMILES string of the molecule is Cn1cncc1CN1CCN(C(=O)N2CCN(C(=O)c3cocn3)CC2)CC1. The zero-order valence-electron chi connectivity index (χ0n) is 16.0. The van der Waals surface area contributed by atoms with Gasteiger partial charge in [0, 0.05) is 72.1 Å². The molecule has 0 bridgehead atoms. The molecule has 2 fully saturated rings. The number of urea groups is 1. The Kier molecular flexibility index (Phi) is 5.29. The first-order valence-corrected chi connectivity index (χ1v) is 9.50. The summed E-state index contributed by atoms with van der Waals surface area (Å²) in [6.45, 7) is 6.08. The maximum Gasteiger partial charge on any atom is 0.320 e. The monoisotopic (exact) mass is 387 g/mol. The third kappa shape index (κ3) is 3.86. The molecule has 28 heavy (non-hydrogen) atoms. The molecule has 10 heteroatoms. The lowest BCUT2D eigenvalue weighted by Crippen LogP contribution is -2.57. The molecule has 4 heterocycles. The molecule has 0 atom stereocenters. The second-order valence-electron chi connectivity index (χ2n) is 7.19. The first-order valence-electron chi connectivity index (χ1n) is 9.50. The molecule has 0 aromatic carbocycles. The average Bonchev–Trinajstić information content (AvgIpc) is 3.40. The molecule has 2 aromatic heterocycles. The third-order valence-corrected chi connectivity index (χ3v) is 5.43. The number of imidazole rings is 1.